The molecule has 0 aromatic rings. The largest absolute Gasteiger partial charge is 0.461 e. The molecular formula is C11H16ClF3O2. The van der Waals surface area contributed by atoms with Gasteiger partial charge in [0.15, 0.2) is 0 Å². The molecule has 0 aliphatic heterocycles. The minimum Gasteiger partial charge on any atom is -0.461 e. The van der Waals surface area contributed by atoms with Gasteiger partial charge in [-0.2, -0.15) is 13.2 Å². The maximum absolute atomic E-state index is 12.4. The van der Waals surface area contributed by atoms with E-state index in [0.717, 1.165) is 0 Å². The van der Waals surface area contributed by atoms with Crippen molar-refractivity contribution < 1.29 is 22.7 Å². The Labute approximate surface area is 103 Å². The summed E-state index contributed by atoms with van der Waals surface area (Å²) in [6, 6.07) is 0. The fourth-order valence-corrected chi connectivity index (χ4v) is 1.84. The molecule has 0 bridgehead atoms. The van der Waals surface area contributed by atoms with Gasteiger partial charge in [-0.25, -0.2) is 0 Å². The van der Waals surface area contributed by atoms with Crippen molar-refractivity contribution in [2.45, 2.75) is 56.7 Å². The molecule has 1 fully saturated rings. The zero-order valence-electron chi connectivity index (χ0n) is 9.81. The van der Waals surface area contributed by atoms with Crippen LogP contribution in [0, 0.1) is 5.92 Å². The van der Waals surface area contributed by atoms with E-state index in [1.807, 2.05) is 0 Å². The van der Waals surface area contributed by atoms with Crippen molar-refractivity contribution in [3.8, 4) is 0 Å². The molecule has 1 rings (SSSR count). The molecule has 0 heterocycles. The van der Waals surface area contributed by atoms with Gasteiger partial charge >= 0.3 is 12.1 Å². The van der Waals surface area contributed by atoms with Crippen LogP contribution in [-0.2, 0) is 9.53 Å². The number of rotatable bonds is 2. The number of hydrogen-bond donors (Lipinski definition) is 0. The average molecular weight is 273 g/mol. The van der Waals surface area contributed by atoms with Gasteiger partial charge in [-0.3, -0.25) is 4.79 Å². The third kappa shape index (κ3) is 4.37. The second-order valence-corrected chi connectivity index (χ2v) is 5.84. The van der Waals surface area contributed by atoms with E-state index in [2.05, 4.69) is 0 Å². The molecule has 2 nitrogen and oxygen atoms in total. The number of carbonyl (C=O) groups excluding carboxylic acids is 1. The molecule has 0 aromatic carbocycles. The molecule has 0 N–H and O–H groups in total. The fraction of sp³-hybridized carbons (Fsp3) is 0.909. The maximum atomic E-state index is 12.4. The monoisotopic (exact) mass is 272 g/mol. The van der Waals surface area contributed by atoms with Crippen molar-refractivity contribution >= 4 is 17.6 Å². The van der Waals surface area contributed by atoms with Crippen LogP contribution in [0.15, 0.2) is 0 Å². The van der Waals surface area contributed by atoms with Gasteiger partial charge in [0.05, 0.1) is 5.92 Å². The summed E-state index contributed by atoms with van der Waals surface area (Å²) in [5, 5.41) is 0. The lowest BCUT2D eigenvalue weighted by atomic mass is 9.87. The molecule has 1 saturated carbocycles. The van der Waals surface area contributed by atoms with Gasteiger partial charge in [0.25, 0.3) is 0 Å². The summed E-state index contributed by atoms with van der Waals surface area (Å²) < 4.78 is 42.3. The van der Waals surface area contributed by atoms with Crippen LogP contribution >= 0.6 is 11.6 Å². The summed E-state index contributed by atoms with van der Waals surface area (Å²) in [5.41, 5.74) is 0. The molecule has 1 aliphatic carbocycles. The Bertz CT molecular complexity index is 275. The second kappa shape index (κ2) is 5.04. The Kier molecular flexibility index (Phi) is 4.33. The van der Waals surface area contributed by atoms with E-state index < -0.39 is 29.0 Å². The summed E-state index contributed by atoms with van der Waals surface area (Å²) in [6.07, 6.45) is -4.03. The van der Waals surface area contributed by atoms with E-state index in [-0.39, 0.29) is 25.7 Å². The molecule has 0 atom stereocenters. The third-order valence-corrected chi connectivity index (χ3v) is 3.05. The Morgan fingerprint density at radius 1 is 1.18 bits per heavy atom. The fourth-order valence-electron chi connectivity index (χ4n) is 1.80. The van der Waals surface area contributed by atoms with Gasteiger partial charge in [-0.1, -0.05) is 0 Å². The summed E-state index contributed by atoms with van der Waals surface area (Å²) in [5.74, 6) is -1.84. The van der Waals surface area contributed by atoms with Crippen LogP contribution in [0.2, 0.25) is 0 Å². The van der Waals surface area contributed by atoms with Crippen LogP contribution in [0.1, 0.15) is 39.5 Å². The average Bonchev–Trinajstić information content (AvgIpc) is 2.15. The Balaban J connectivity index is 2.41. The lowest BCUT2D eigenvalue weighted by molar-refractivity contribution is -0.189. The highest BCUT2D eigenvalue weighted by atomic mass is 35.5. The molecular weight excluding hydrogens is 257 g/mol. The standard InChI is InChI=1S/C11H16ClF3O2/c1-10(2,12)9(16)17-8-5-3-7(4-6-8)11(13,14)15/h7-8H,3-6H2,1-2H3. The summed E-state index contributed by atoms with van der Waals surface area (Å²) in [7, 11) is 0. The predicted molar refractivity (Wildman–Crippen MR) is 57.8 cm³/mol. The normalized spacial score (nSPS) is 26.7. The number of hydrogen-bond acceptors (Lipinski definition) is 2. The zero-order chi connectivity index (χ0) is 13.3. The molecule has 17 heavy (non-hydrogen) atoms. The smallest absolute Gasteiger partial charge is 0.391 e. The van der Waals surface area contributed by atoms with Gasteiger partial charge in [0, 0.05) is 0 Å². The van der Waals surface area contributed by atoms with E-state index in [9.17, 15) is 18.0 Å². The SMILES string of the molecule is CC(C)(Cl)C(=O)OC1CCC(C(F)(F)F)CC1. The van der Waals surface area contributed by atoms with E-state index in [1.54, 1.807) is 0 Å². The molecule has 0 aromatic heterocycles. The molecule has 100 valence electrons. The van der Waals surface area contributed by atoms with Crippen molar-refractivity contribution in [1.82, 2.24) is 0 Å². The predicted octanol–water partition coefficient (Wildman–Crippen LogP) is 3.67. The van der Waals surface area contributed by atoms with E-state index >= 15 is 0 Å². The molecule has 0 saturated heterocycles. The van der Waals surface area contributed by atoms with Crippen LogP contribution in [0.4, 0.5) is 13.2 Å². The highest BCUT2D eigenvalue weighted by molar-refractivity contribution is 6.33. The lowest BCUT2D eigenvalue weighted by Gasteiger charge is -2.30. The topological polar surface area (TPSA) is 26.3 Å². The Morgan fingerprint density at radius 3 is 2.00 bits per heavy atom. The van der Waals surface area contributed by atoms with Gasteiger partial charge < -0.3 is 4.74 Å². The van der Waals surface area contributed by atoms with Crippen molar-refractivity contribution in [2.24, 2.45) is 5.92 Å². The minimum atomic E-state index is -4.14. The first-order valence-corrected chi connectivity index (χ1v) is 5.95. The summed E-state index contributed by atoms with van der Waals surface area (Å²) >= 11 is 5.75. The van der Waals surface area contributed by atoms with E-state index in [1.165, 1.54) is 13.8 Å². The van der Waals surface area contributed by atoms with Gasteiger partial charge in [-0.15, -0.1) is 11.6 Å². The van der Waals surface area contributed by atoms with Crippen molar-refractivity contribution in [3.63, 3.8) is 0 Å². The number of esters is 1. The maximum Gasteiger partial charge on any atom is 0.391 e. The van der Waals surface area contributed by atoms with Crippen LogP contribution < -0.4 is 0 Å². The van der Waals surface area contributed by atoms with Crippen molar-refractivity contribution in [1.29, 1.82) is 0 Å². The first kappa shape index (κ1) is 14.6. The minimum absolute atomic E-state index is 0.0180. The van der Waals surface area contributed by atoms with Crippen molar-refractivity contribution in [2.75, 3.05) is 0 Å². The highest BCUT2D eigenvalue weighted by Gasteiger charge is 2.42. The molecule has 0 unspecified atom stereocenters. The van der Waals surface area contributed by atoms with E-state index in [0.29, 0.717) is 0 Å². The van der Waals surface area contributed by atoms with Crippen LogP contribution in [0.25, 0.3) is 0 Å². The number of halogens is 4. The molecule has 0 amide bonds. The molecule has 0 radical (unpaired) electrons. The van der Waals surface area contributed by atoms with Crippen LogP contribution in [0.3, 0.4) is 0 Å². The second-order valence-electron chi connectivity index (χ2n) is 4.89. The van der Waals surface area contributed by atoms with Crippen molar-refractivity contribution in [3.05, 3.63) is 0 Å². The summed E-state index contributed by atoms with van der Waals surface area (Å²) in [6.45, 7) is 3.00. The quantitative estimate of drug-likeness (QED) is 0.566. The first-order valence-electron chi connectivity index (χ1n) is 5.57. The Morgan fingerprint density at radius 2 is 1.65 bits per heavy atom. The zero-order valence-corrected chi connectivity index (χ0v) is 10.6. The number of alkyl halides is 4. The van der Waals surface area contributed by atoms with Gasteiger partial charge in [0.2, 0.25) is 0 Å². The van der Waals surface area contributed by atoms with Gasteiger partial charge in [0.1, 0.15) is 11.0 Å². The Hall–Kier alpha value is -0.450. The lowest BCUT2D eigenvalue weighted by Crippen LogP contribution is -2.35. The van der Waals surface area contributed by atoms with Crippen LogP contribution in [-0.4, -0.2) is 23.1 Å². The van der Waals surface area contributed by atoms with Gasteiger partial charge in [-0.05, 0) is 39.5 Å². The number of carbonyl (C=O) groups is 1. The van der Waals surface area contributed by atoms with Crippen LogP contribution in [0.5, 0.6) is 0 Å². The first-order chi connectivity index (χ1) is 7.60. The highest BCUT2D eigenvalue weighted by Crippen LogP contribution is 2.38. The third-order valence-electron chi connectivity index (χ3n) is 2.90. The van der Waals surface area contributed by atoms with E-state index in [4.69, 9.17) is 16.3 Å². The summed E-state index contributed by atoms with van der Waals surface area (Å²) in [4.78, 5) is 10.3. The molecule has 1 aliphatic rings. The molecule has 0 spiro atoms. The number of ether oxygens (including phenoxy) is 1. The molecule has 6 heteroatoms.